The lowest BCUT2D eigenvalue weighted by molar-refractivity contribution is 0.480. The molecule has 0 aromatic heterocycles. The van der Waals surface area contributed by atoms with Gasteiger partial charge in [0.15, 0.2) is 0 Å². The summed E-state index contributed by atoms with van der Waals surface area (Å²) < 4.78 is 1.29. The Labute approximate surface area is 98.6 Å². The van der Waals surface area contributed by atoms with Crippen molar-refractivity contribution in [1.82, 2.24) is 5.32 Å². The molecule has 0 bridgehead atoms. The molecule has 1 aliphatic heterocycles. The average molecular weight is 302 g/mol. The fourth-order valence-electron chi connectivity index (χ4n) is 1.76. The molecule has 1 atom stereocenters. The molecule has 76 valence electrons. The minimum Gasteiger partial charge on any atom is -0.381 e. The van der Waals surface area contributed by atoms with Crippen LogP contribution in [0.3, 0.4) is 0 Å². The molecule has 14 heavy (non-hydrogen) atoms. The first-order valence-corrected chi connectivity index (χ1v) is 6.15. The van der Waals surface area contributed by atoms with Crippen molar-refractivity contribution in [3.05, 3.63) is 27.8 Å². The quantitative estimate of drug-likeness (QED) is 0.820. The minimum atomic E-state index is 0.601. The molecule has 1 aromatic carbocycles. The Bertz CT molecular complexity index is 278. The van der Waals surface area contributed by atoms with Crippen LogP contribution in [-0.4, -0.2) is 19.1 Å². The molecule has 0 radical (unpaired) electrons. The molecule has 1 aromatic rings. The number of nitrogens with one attached hydrogen (secondary N) is 2. The van der Waals surface area contributed by atoms with Crippen LogP contribution in [-0.2, 0) is 0 Å². The Kier molecular flexibility index (Phi) is 3.64. The lowest BCUT2D eigenvalue weighted by Gasteiger charge is -2.24. The highest BCUT2D eigenvalue weighted by atomic mass is 127. The van der Waals surface area contributed by atoms with E-state index in [9.17, 15) is 0 Å². The molecule has 2 N–H and O–H groups in total. The Morgan fingerprint density at radius 1 is 1.29 bits per heavy atom. The highest BCUT2D eigenvalue weighted by Gasteiger charge is 2.11. The molecule has 1 heterocycles. The highest BCUT2D eigenvalue weighted by Crippen LogP contribution is 2.14. The first-order chi connectivity index (χ1) is 6.84. The topological polar surface area (TPSA) is 24.1 Å². The number of benzene rings is 1. The van der Waals surface area contributed by atoms with Crippen molar-refractivity contribution in [2.45, 2.75) is 18.9 Å². The Morgan fingerprint density at radius 2 is 2.07 bits per heavy atom. The Morgan fingerprint density at radius 3 is 2.71 bits per heavy atom. The number of anilines is 1. The van der Waals surface area contributed by atoms with Gasteiger partial charge in [-0.15, -0.1) is 0 Å². The van der Waals surface area contributed by atoms with Crippen LogP contribution >= 0.6 is 22.6 Å². The maximum atomic E-state index is 3.54. The molecule has 0 saturated carbocycles. The molecule has 1 saturated heterocycles. The van der Waals surface area contributed by atoms with E-state index in [4.69, 9.17) is 0 Å². The van der Waals surface area contributed by atoms with Gasteiger partial charge >= 0.3 is 0 Å². The van der Waals surface area contributed by atoms with Crippen LogP contribution in [0.15, 0.2) is 24.3 Å². The summed E-state index contributed by atoms with van der Waals surface area (Å²) in [5.74, 6) is 0. The second kappa shape index (κ2) is 4.98. The minimum absolute atomic E-state index is 0.601. The number of hydrogen-bond donors (Lipinski definition) is 2. The third kappa shape index (κ3) is 2.85. The fourth-order valence-corrected chi connectivity index (χ4v) is 2.12. The Hall–Kier alpha value is -0.290. The van der Waals surface area contributed by atoms with E-state index in [0.29, 0.717) is 6.04 Å². The monoisotopic (exact) mass is 302 g/mol. The van der Waals surface area contributed by atoms with Crippen LogP contribution in [0.5, 0.6) is 0 Å². The highest BCUT2D eigenvalue weighted by molar-refractivity contribution is 14.1. The molecule has 2 nitrogen and oxygen atoms in total. The normalized spacial score (nSPS) is 21.9. The fraction of sp³-hybridized carbons (Fsp3) is 0.455. The molecule has 3 heteroatoms. The van der Waals surface area contributed by atoms with Crippen LogP contribution in [0.1, 0.15) is 12.8 Å². The van der Waals surface area contributed by atoms with E-state index in [1.807, 2.05) is 0 Å². The zero-order valence-corrected chi connectivity index (χ0v) is 10.3. The van der Waals surface area contributed by atoms with E-state index < -0.39 is 0 Å². The van der Waals surface area contributed by atoms with Gasteiger partial charge in [0.1, 0.15) is 0 Å². The first kappa shape index (κ1) is 10.2. The summed E-state index contributed by atoms with van der Waals surface area (Å²) in [6, 6.07) is 9.18. The van der Waals surface area contributed by atoms with E-state index in [1.165, 1.54) is 28.6 Å². The average Bonchev–Trinajstić information content (AvgIpc) is 2.23. The zero-order valence-electron chi connectivity index (χ0n) is 8.09. The van der Waals surface area contributed by atoms with Crippen molar-refractivity contribution in [3.8, 4) is 0 Å². The summed E-state index contributed by atoms with van der Waals surface area (Å²) in [4.78, 5) is 0. The lowest BCUT2D eigenvalue weighted by atomic mass is 10.1. The molecule has 2 rings (SSSR count). The predicted molar refractivity (Wildman–Crippen MR) is 68.7 cm³/mol. The van der Waals surface area contributed by atoms with Crippen LogP contribution in [0.4, 0.5) is 5.69 Å². The standard InChI is InChI=1S/C11H15IN2/c12-9-3-5-10(6-4-9)14-11-2-1-7-13-8-11/h3-6,11,13-14H,1-2,7-8H2. The summed E-state index contributed by atoms with van der Waals surface area (Å²) in [5.41, 5.74) is 1.24. The van der Waals surface area contributed by atoms with Gasteiger partial charge in [-0.3, -0.25) is 0 Å². The van der Waals surface area contributed by atoms with Gasteiger partial charge in [0.25, 0.3) is 0 Å². The van der Waals surface area contributed by atoms with Crippen molar-refractivity contribution in [1.29, 1.82) is 0 Å². The van der Waals surface area contributed by atoms with Gasteiger partial charge in [-0.05, 0) is 66.2 Å². The number of hydrogen-bond acceptors (Lipinski definition) is 2. The lowest BCUT2D eigenvalue weighted by Crippen LogP contribution is -2.38. The molecular formula is C11H15IN2. The molecular weight excluding hydrogens is 287 g/mol. The molecule has 0 amide bonds. The van der Waals surface area contributed by atoms with Gasteiger partial charge in [-0.2, -0.15) is 0 Å². The van der Waals surface area contributed by atoms with Crippen LogP contribution < -0.4 is 10.6 Å². The number of halogens is 1. The molecule has 1 fully saturated rings. The van der Waals surface area contributed by atoms with Crippen LogP contribution in [0.25, 0.3) is 0 Å². The summed E-state index contributed by atoms with van der Waals surface area (Å²) in [5, 5.41) is 6.94. The second-order valence-electron chi connectivity index (χ2n) is 3.69. The van der Waals surface area contributed by atoms with Crippen molar-refractivity contribution in [3.63, 3.8) is 0 Å². The summed E-state index contributed by atoms with van der Waals surface area (Å²) in [6.45, 7) is 2.26. The van der Waals surface area contributed by atoms with Gasteiger partial charge in [0, 0.05) is 21.8 Å². The van der Waals surface area contributed by atoms with E-state index in [1.54, 1.807) is 0 Å². The molecule has 1 unspecified atom stereocenters. The van der Waals surface area contributed by atoms with E-state index >= 15 is 0 Å². The predicted octanol–water partition coefficient (Wildman–Crippen LogP) is 2.46. The van der Waals surface area contributed by atoms with Crippen LogP contribution in [0, 0.1) is 3.57 Å². The molecule has 0 aliphatic carbocycles. The number of piperidine rings is 1. The smallest absolute Gasteiger partial charge is 0.0386 e. The van der Waals surface area contributed by atoms with Gasteiger partial charge < -0.3 is 10.6 Å². The van der Waals surface area contributed by atoms with E-state index in [-0.39, 0.29) is 0 Å². The summed E-state index contributed by atoms with van der Waals surface area (Å²) >= 11 is 2.33. The van der Waals surface area contributed by atoms with Crippen molar-refractivity contribution in [2.24, 2.45) is 0 Å². The maximum absolute atomic E-state index is 3.54. The van der Waals surface area contributed by atoms with E-state index in [2.05, 4.69) is 57.5 Å². The van der Waals surface area contributed by atoms with Crippen molar-refractivity contribution < 1.29 is 0 Å². The van der Waals surface area contributed by atoms with Gasteiger partial charge in [0.05, 0.1) is 0 Å². The second-order valence-corrected chi connectivity index (χ2v) is 4.94. The van der Waals surface area contributed by atoms with Gasteiger partial charge in [-0.25, -0.2) is 0 Å². The SMILES string of the molecule is Ic1ccc(NC2CCCNC2)cc1. The largest absolute Gasteiger partial charge is 0.381 e. The van der Waals surface area contributed by atoms with Gasteiger partial charge in [0.2, 0.25) is 0 Å². The maximum Gasteiger partial charge on any atom is 0.0386 e. The van der Waals surface area contributed by atoms with Gasteiger partial charge in [-0.1, -0.05) is 0 Å². The first-order valence-electron chi connectivity index (χ1n) is 5.07. The third-order valence-corrected chi connectivity index (χ3v) is 3.23. The van der Waals surface area contributed by atoms with E-state index in [0.717, 1.165) is 6.54 Å². The number of rotatable bonds is 2. The third-order valence-electron chi connectivity index (χ3n) is 2.51. The molecule has 1 aliphatic rings. The molecule has 0 spiro atoms. The van der Waals surface area contributed by atoms with Crippen LogP contribution in [0.2, 0.25) is 0 Å². The summed E-state index contributed by atoms with van der Waals surface area (Å²) in [6.07, 6.45) is 2.56. The van der Waals surface area contributed by atoms with Crippen molar-refractivity contribution >= 4 is 28.3 Å². The Balaban J connectivity index is 1.92. The summed E-state index contributed by atoms with van der Waals surface area (Å²) in [7, 11) is 0. The van der Waals surface area contributed by atoms with Crippen molar-refractivity contribution in [2.75, 3.05) is 18.4 Å². The zero-order chi connectivity index (χ0) is 9.80.